The lowest BCUT2D eigenvalue weighted by atomic mass is 9.89. The highest BCUT2D eigenvalue weighted by molar-refractivity contribution is 5.74. The molecule has 0 radical (unpaired) electrons. The molecule has 98 valence electrons. The third-order valence-electron chi connectivity index (χ3n) is 4.32. The lowest BCUT2D eigenvalue weighted by Crippen LogP contribution is -2.45. The Morgan fingerprint density at radius 3 is 2.65 bits per heavy atom. The van der Waals surface area contributed by atoms with E-state index in [4.69, 9.17) is 0 Å². The van der Waals surface area contributed by atoms with Crippen molar-refractivity contribution in [2.75, 3.05) is 6.54 Å². The Kier molecular flexibility index (Phi) is 3.92. The highest BCUT2D eigenvalue weighted by Crippen LogP contribution is 2.32. The molecule has 0 aromatic rings. The Morgan fingerprint density at radius 2 is 2.12 bits per heavy atom. The molecule has 0 aliphatic carbocycles. The Hall–Kier alpha value is -0.770. The first kappa shape index (κ1) is 12.7. The topological polar surface area (TPSA) is 53.2 Å². The molecule has 0 aromatic heterocycles. The largest absolute Gasteiger partial charge is 0.338 e. The number of rotatable bonds is 4. The molecule has 2 saturated heterocycles. The lowest BCUT2D eigenvalue weighted by molar-refractivity contribution is 0.231. The van der Waals surface area contributed by atoms with Crippen LogP contribution in [0.2, 0.25) is 0 Å². The van der Waals surface area contributed by atoms with Gasteiger partial charge in [0.15, 0.2) is 0 Å². The van der Waals surface area contributed by atoms with Crippen molar-refractivity contribution in [2.24, 2.45) is 11.8 Å². The molecule has 2 bridgehead atoms. The van der Waals surface area contributed by atoms with Gasteiger partial charge in [0.25, 0.3) is 0 Å². The summed E-state index contributed by atoms with van der Waals surface area (Å²) < 4.78 is 0. The monoisotopic (exact) mass is 239 g/mol. The second-order valence-corrected chi connectivity index (χ2v) is 5.93. The molecule has 0 spiro atoms. The van der Waals surface area contributed by atoms with E-state index in [0.717, 1.165) is 6.54 Å². The number of hydrogen-bond acceptors (Lipinski definition) is 2. The molecule has 3 N–H and O–H groups in total. The summed E-state index contributed by atoms with van der Waals surface area (Å²) in [5, 5.41) is 9.57. The third kappa shape index (κ3) is 3.12. The van der Waals surface area contributed by atoms with Crippen LogP contribution < -0.4 is 16.0 Å². The highest BCUT2D eigenvalue weighted by Gasteiger charge is 2.38. The van der Waals surface area contributed by atoms with Gasteiger partial charge in [-0.15, -0.1) is 0 Å². The number of carbonyl (C=O) groups excluding carboxylic acids is 1. The first-order valence-corrected chi connectivity index (χ1v) is 6.86. The van der Waals surface area contributed by atoms with Gasteiger partial charge in [0.05, 0.1) is 0 Å². The number of nitrogens with one attached hydrogen (secondary N) is 3. The average molecular weight is 239 g/mol. The van der Waals surface area contributed by atoms with Gasteiger partial charge in [0, 0.05) is 24.7 Å². The Balaban J connectivity index is 1.66. The summed E-state index contributed by atoms with van der Waals surface area (Å²) in [7, 11) is 0. The molecule has 2 rings (SSSR count). The zero-order chi connectivity index (χ0) is 12.4. The first-order chi connectivity index (χ1) is 8.06. The number of amides is 2. The molecule has 0 saturated carbocycles. The Morgan fingerprint density at radius 1 is 1.35 bits per heavy atom. The maximum Gasteiger partial charge on any atom is 0.315 e. The fourth-order valence-corrected chi connectivity index (χ4v) is 2.81. The van der Waals surface area contributed by atoms with Crippen LogP contribution in [0.25, 0.3) is 0 Å². The molecule has 17 heavy (non-hydrogen) atoms. The van der Waals surface area contributed by atoms with Crippen LogP contribution in [-0.4, -0.2) is 30.7 Å². The molecular formula is C13H25N3O. The summed E-state index contributed by atoms with van der Waals surface area (Å²) >= 11 is 0. The Bertz CT molecular complexity index is 280. The summed E-state index contributed by atoms with van der Waals surface area (Å²) in [6.45, 7) is 7.09. The zero-order valence-corrected chi connectivity index (χ0v) is 11.1. The maximum absolute atomic E-state index is 11.7. The molecule has 0 aromatic carbocycles. The second kappa shape index (κ2) is 5.25. The fraction of sp³-hybridized carbons (Fsp3) is 0.923. The van der Waals surface area contributed by atoms with Gasteiger partial charge in [0.2, 0.25) is 0 Å². The predicted molar refractivity (Wildman–Crippen MR) is 68.9 cm³/mol. The number of carbonyl (C=O) groups is 1. The van der Waals surface area contributed by atoms with Crippen LogP contribution >= 0.6 is 0 Å². The van der Waals surface area contributed by atoms with Crippen LogP contribution in [-0.2, 0) is 0 Å². The van der Waals surface area contributed by atoms with Crippen molar-refractivity contribution < 1.29 is 4.79 Å². The lowest BCUT2D eigenvalue weighted by Gasteiger charge is -2.22. The van der Waals surface area contributed by atoms with Gasteiger partial charge in [-0.3, -0.25) is 0 Å². The molecular weight excluding hydrogens is 214 g/mol. The van der Waals surface area contributed by atoms with Crippen molar-refractivity contribution in [3.63, 3.8) is 0 Å². The molecule has 2 aliphatic rings. The van der Waals surface area contributed by atoms with E-state index in [1.165, 1.54) is 19.3 Å². The van der Waals surface area contributed by atoms with Crippen LogP contribution in [0.3, 0.4) is 0 Å². The summed E-state index contributed by atoms with van der Waals surface area (Å²) in [4.78, 5) is 11.7. The van der Waals surface area contributed by atoms with Gasteiger partial charge in [0.1, 0.15) is 0 Å². The van der Waals surface area contributed by atoms with Gasteiger partial charge in [-0.1, -0.05) is 13.8 Å². The van der Waals surface area contributed by atoms with Gasteiger partial charge in [-0.2, -0.15) is 0 Å². The van der Waals surface area contributed by atoms with Crippen molar-refractivity contribution >= 4 is 6.03 Å². The van der Waals surface area contributed by atoms with Crippen LogP contribution in [0.5, 0.6) is 0 Å². The molecule has 4 nitrogen and oxygen atoms in total. The van der Waals surface area contributed by atoms with E-state index in [1.54, 1.807) is 0 Å². The minimum Gasteiger partial charge on any atom is -0.338 e. The molecule has 2 amide bonds. The van der Waals surface area contributed by atoms with E-state index in [1.807, 2.05) is 6.92 Å². The van der Waals surface area contributed by atoms with E-state index in [9.17, 15) is 4.79 Å². The summed E-state index contributed by atoms with van der Waals surface area (Å²) in [6.07, 6.45) is 3.82. The van der Waals surface area contributed by atoms with E-state index < -0.39 is 0 Å². The van der Waals surface area contributed by atoms with Gasteiger partial charge < -0.3 is 16.0 Å². The van der Waals surface area contributed by atoms with Crippen molar-refractivity contribution in [3.8, 4) is 0 Å². The van der Waals surface area contributed by atoms with Gasteiger partial charge in [-0.25, -0.2) is 4.79 Å². The van der Waals surface area contributed by atoms with Crippen LogP contribution in [0.1, 0.15) is 40.0 Å². The minimum absolute atomic E-state index is 0.0195. The van der Waals surface area contributed by atoms with E-state index in [-0.39, 0.29) is 12.1 Å². The second-order valence-electron chi connectivity index (χ2n) is 5.93. The zero-order valence-electron chi connectivity index (χ0n) is 11.1. The normalized spacial score (nSPS) is 32.8. The SMILES string of the molecule is CC(C)C(C)NC(=O)NCC1CC2CCC1N2. The van der Waals surface area contributed by atoms with Crippen molar-refractivity contribution in [1.29, 1.82) is 0 Å². The number of urea groups is 1. The van der Waals surface area contributed by atoms with Crippen LogP contribution in [0.4, 0.5) is 4.79 Å². The van der Waals surface area contributed by atoms with Crippen LogP contribution in [0.15, 0.2) is 0 Å². The maximum atomic E-state index is 11.7. The Labute approximate surface area is 104 Å². The quantitative estimate of drug-likeness (QED) is 0.696. The molecule has 4 atom stereocenters. The average Bonchev–Trinajstić information content (AvgIpc) is 2.87. The van der Waals surface area contributed by atoms with Gasteiger partial charge in [-0.05, 0) is 38.0 Å². The minimum atomic E-state index is -0.0195. The van der Waals surface area contributed by atoms with Crippen LogP contribution in [0, 0.1) is 11.8 Å². The molecule has 2 aliphatic heterocycles. The predicted octanol–water partition coefficient (Wildman–Crippen LogP) is 1.47. The molecule has 2 heterocycles. The smallest absolute Gasteiger partial charge is 0.315 e. The van der Waals surface area contributed by atoms with E-state index in [0.29, 0.717) is 23.9 Å². The molecule has 4 heteroatoms. The third-order valence-corrected chi connectivity index (χ3v) is 4.32. The first-order valence-electron chi connectivity index (χ1n) is 6.86. The van der Waals surface area contributed by atoms with E-state index >= 15 is 0 Å². The summed E-state index contributed by atoms with van der Waals surface area (Å²) in [6, 6.07) is 1.56. The standard InChI is InChI=1S/C13H25N3O/c1-8(2)9(3)15-13(17)14-7-10-6-11-4-5-12(10)16-11/h8-12,16H,4-7H2,1-3H3,(H2,14,15,17). The number of hydrogen-bond donors (Lipinski definition) is 3. The van der Waals surface area contributed by atoms with Crippen molar-refractivity contribution in [3.05, 3.63) is 0 Å². The van der Waals surface area contributed by atoms with Gasteiger partial charge >= 0.3 is 6.03 Å². The number of fused-ring (bicyclic) bond motifs is 2. The summed E-state index contributed by atoms with van der Waals surface area (Å²) in [5.74, 6) is 1.11. The van der Waals surface area contributed by atoms with Crippen molar-refractivity contribution in [2.45, 2.75) is 58.2 Å². The summed E-state index contributed by atoms with van der Waals surface area (Å²) in [5.41, 5.74) is 0. The van der Waals surface area contributed by atoms with Crippen molar-refractivity contribution in [1.82, 2.24) is 16.0 Å². The fourth-order valence-electron chi connectivity index (χ4n) is 2.81. The van der Waals surface area contributed by atoms with E-state index in [2.05, 4.69) is 29.8 Å². The molecule has 4 unspecified atom stereocenters. The molecule has 2 fully saturated rings. The highest BCUT2D eigenvalue weighted by atomic mass is 16.2.